The van der Waals surface area contributed by atoms with E-state index >= 15 is 0 Å². The van der Waals surface area contributed by atoms with Crippen LogP contribution in [0.1, 0.15) is 17.7 Å². The van der Waals surface area contributed by atoms with Gasteiger partial charge in [0.05, 0.1) is 3.79 Å². The highest BCUT2D eigenvalue weighted by Gasteiger charge is 2.01. The first-order chi connectivity index (χ1) is 7.72. The second kappa shape index (κ2) is 8.23. The Bertz CT molecular complexity index is 288. The highest BCUT2D eigenvalue weighted by Crippen LogP contribution is 2.22. The van der Waals surface area contributed by atoms with Crippen LogP contribution in [-0.4, -0.2) is 38.6 Å². The Balaban J connectivity index is 2.08. The average molecular weight is 305 g/mol. The van der Waals surface area contributed by atoms with Gasteiger partial charge < -0.3 is 10.2 Å². The van der Waals surface area contributed by atoms with Crippen LogP contribution in [0.25, 0.3) is 0 Å². The predicted octanol–water partition coefficient (Wildman–Crippen LogP) is 2.98. The van der Waals surface area contributed by atoms with Gasteiger partial charge in [0.1, 0.15) is 0 Å². The van der Waals surface area contributed by atoms with Gasteiger partial charge in [-0.3, -0.25) is 0 Å². The summed E-state index contributed by atoms with van der Waals surface area (Å²) >= 11 is 5.34. The Kier molecular flexibility index (Phi) is 7.28. The molecular formula is C12H21BrN2S. The van der Waals surface area contributed by atoms with Gasteiger partial charge >= 0.3 is 0 Å². The summed E-state index contributed by atoms with van der Waals surface area (Å²) in [7, 11) is 4.22. The SMILES string of the molecule is CNCCCCN(C)CCc1ccc(Br)s1. The molecule has 0 bridgehead atoms. The molecule has 1 heterocycles. The lowest BCUT2D eigenvalue weighted by molar-refractivity contribution is 0.330. The molecule has 2 nitrogen and oxygen atoms in total. The third-order valence-electron chi connectivity index (χ3n) is 2.59. The maximum atomic E-state index is 3.50. The lowest BCUT2D eigenvalue weighted by Gasteiger charge is -2.15. The van der Waals surface area contributed by atoms with Crippen LogP contribution < -0.4 is 5.32 Å². The van der Waals surface area contributed by atoms with E-state index in [0.29, 0.717) is 0 Å². The quantitative estimate of drug-likeness (QED) is 0.743. The first kappa shape index (κ1) is 14.2. The molecule has 0 aliphatic heterocycles. The van der Waals surface area contributed by atoms with E-state index in [0.717, 1.165) is 13.1 Å². The zero-order valence-electron chi connectivity index (χ0n) is 10.1. The van der Waals surface area contributed by atoms with Crippen molar-refractivity contribution in [2.24, 2.45) is 0 Å². The number of halogens is 1. The highest BCUT2D eigenvalue weighted by atomic mass is 79.9. The molecule has 0 aromatic carbocycles. The topological polar surface area (TPSA) is 15.3 Å². The van der Waals surface area contributed by atoms with E-state index < -0.39 is 0 Å². The van der Waals surface area contributed by atoms with Crippen LogP contribution in [-0.2, 0) is 6.42 Å². The van der Waals surface area contributed by atoms with E-state index in [9.17, 15) is 0 Å². The Morgan fingerprint density at radius 2 is 2.12 bits per heavy atom. The molecule has 0 fully saturated rings. The van der Waals surface area contributed by atoms with E-state index in [1.807, 2.05) is 18.4 Å². The Morgan fingerprint density at radius 3 is 2.75 bits per heavy atom. The fraction of sp³-hybridized carbons (Fsp3) is 0.667. The summed E-state index contributed by atoms with van der Waals surface area (Å²) in [5.74, 6) is 0. The Labute approximate surface area is 111 Å². The Morgan fingerprint density at radius 1 is 1.31 bits per heavy atom. The molecule has 4 heteroatoms. The molecule has 0 aliphatic carbocycles. The molecule has 0 aliphatic rings. The van der Waals surface area contributed by atoms with Crippen LogP contribution in [0.15, 0.2) is 15.9 Å². The number of rotatable bonds is 8. The van der Waals surface area contributed by atoms with Crippen molar-refractivity contribution in [2.75, 3.05) is 33.7 Å². The van der Waals surface area contributed by atoms with Gasteiger partial charge in [0.15, 0.2) is 0 Å². The van der Waals surface area contributed by atoms with Gasteiger partial charge in [-0.05, 0) is 74.5 Å². The molecule has 0 amide bonds. The van der Waals surface area contributed by atoms with Crippen LogP contribution in [0.3, 0.4) is 0 Å². The van der Waals surface area contributed by atoms with Gasteiger partial charge in [-0.2, -0.15) is 0 Å². The lowest BCUT2D eigenvalue weighted by atomic mass is 10.2. The minimum Gasteiger partial charge on any atom is -0.320 e. The smallest absolute Gasteiger partial charge is 0.0701 e. The number of thiophene rings is 1. The van der Waals surface area contributed by atoms with Crippen LogP contribution in [0, 0.1) is 0 Å². The molecule has 1 aromatic rings. The standard InChI is InChI=1S/C12H21BrN2S/c1-14-8-3-4-9-15(2)10-7-11-5-6-12(13)16-11/h5-6,14H,3-4,7-10H2,1-2H3. The summed E-state index contributed by atoms with van der Waals surface area (Å²) in [5, 5.41) is 3.18. The van der Waals surface area contributed by atoms with Crippen molar-refractivity contribution >= 4 is 27.3 Å². The van der Waals surface area contributed by atoms with Crippen LogP contribution >= 0.6 is 27.3 Å². The van der Waals surface area contributed by atoms with Crippen LogP contribution in [0.4, 0.5) is 0 Å². The Hall–Kier alpha value is 0.1000. The lowest BCUT2D eigenvalue weighted by Crippen LogP contribution is -2.23. The molecule has 0 saturated heterocycles. The molecule has 1 rings (SSSR count). The summed E-state index contributed by atoms with van der Waals surface area (Å²) in [6.45, 7) is 3.49. The molecule has 0 unspecified atom stereocenters. The zero-order chi connectivity index (χ0) is 11.8. The summed E-state index contributed by atoms with van der Waals surface area (Å²) < 4.78 is 1.24. The van der Waals surface area contributed by atoms with E-state index in [1.54, 1.807) is 0 Å². The maximum Gasteiger partial charge on any atom is 0.0701 e. The summed E-state index contributed by atoms with van der Waals surface area (Å²) in [6, 6.07) is 4.34. The fourth-order valence-electron chi connectivity index (χ4n) is 1.58. The first-order valence-electron chi connectivity index (χ1n) is 5.79. The number of hydrogen-bond acceptors (Lipinski definition) is 3. The second-order valence-corrected chi connectivity index (χ2v) is 6.62. The monoisotopic (exact) mass is 304 g/mol. The average Bonchev–Trinajstić information content (AvgIpc) is 2.68. The minimum absolute atomic E-state index is 1.13. The number of nitrogens with zero attached hydrogens (tertiary/aromatic N) is 1. The molecule has 1 N–H and O–H groups in total. The van der Waals surface area contributed by atoms with Crippen molar-refractivity contribution in [3.8, 4) is 0 Å². The summed E-state index contributed by atoms with van der Waals surface area (Å²) in [5.41, 5.74) is 0. The van der Waals surface area contributed by atoms with Gasteiger partial charge in [-0.1, -0.05) is 0 Å². The molecule has 0 saturated carbocycles. The first-order valence-corrected chi connectivity index (χ1v) is 7.40. The van der Waals surface area contributed by atoms with Crippen molar-refractivity contribution in [2.45, 2.75) is 19.3 Å². The molecule has 0 spiro atoms. The predicted molar refractivity (Wildman–Crippen MR) is 76.4 cm³/mol. The van der Waals surface area contributed by atoms with E-state index in [-0.39, 0.29) is 0 Å². The van der Waals surface area contributed by atoms with Crippen molar-refractivity contribution in [3.63, 3.8) is 0 Å². The van der Waals surface area contributed by atoms with E-state index in [1.165, 1.54) is 34.5 Å². The number of hydrogen-bond donors (Lipinski definition) is 1. The van der Waals surface area contributed by atoms with Gasteiger partial charge in [-0.15, -0.1) is 11.3 Å². The van der Waals surface area contributed by atoms with Crippen molar-refractivity contribution in [1.82, 2.24) is 10.2 Å². The van der Waals surface area contributed by atoms with Crippen molar-refractivity contribution < 1.29 is 0 Å². The van der Waals surface area contributed by atoms with Gasteiger partial charge in [0, 0.05) is 11.4 Å². The fourth-order valence-corrected chi connectivity index (χ4v) is 3.05. The largest absolute Gasteiger partial charge is 0.320 e. The van der Waals surface area contributed by atoms with Gasteiger partial charge in [-0.25, -0.2) is 0 Å². The zero-order valence-corrected chi connectivity index (χ0v) is 12.5. The molecule has 1 aromatic heterocycles. The molecule has 0 atom stereocenters. The van der Waals surface area contributed by atoms with Gasteiger partial charge in [0.2, 0.25) is 0 Å². The molecule has 92 valence electrons. The van der Waals surface area contributed by atoms with Crippen molar-refractivity contribution in [3.05, 3.63) is 20.8 Å². The number of nitrogens with one attached hydrogen (secondary N) is 1. The molecular weight excluding hydrogens is 284 g/mol. The number of likely N-dealkylation sites (N-methyl/N-ethyl adjacent to an activating group) is 1. The maximum absolute atomic E-state index is 3.50. The summed E-state index contributed by atoms with van der Waals surface area (Å²) in [4.78, 5) is 3.89. The van der Waals surface area contributed by atoms with E-state index in [2.05, 4.69) is 45.3 Å². The highest BCUT2D eigenvalue weighted by molar-refractivity contribution is 9.11. The molecule has 16 heavy (non-hydrogen) atoms. The van der Waals surface area contributed by atoms with Crippen molar-refractivity contribution in [1.29, 1.82) is 0 Å². The van der Waals surface area contributed by atoms with Crippen LogP contribution in [0.5, 0.6) is 0 Å². The van der Waals surface area contributed by atoms with E-state index in [4.69, 9.17) is 0 Å². The minimum atomic E-state index is 1.13. The van der Waals surface area contributed by atoms with Gasteiger partial charge in [0.25, 0.3) is 0 Å². The summed E-state index contributed by atoms with van der Waals surface area (Å²) in [6.07, 6.45) is 3.72. The second-order valence-electron chi connectivity index (χ2n) is 4.07. The third-order valence-corrected chi connectivity index (χ3v) is 4.27. The van der Waals surface area contributed by atoms with Crippen LogP contribution in [0.2, 0.25) is 0 Å². The number of unbranched alkanes of at least 4 members (excludes halogenated alkanes) is 1. The molecule has 0 radical (unpaired) electrons. The third kappa shape index (κ3) is 5.99. The normalized spacial score (nSPS) is 11.2.